The minimum Gasteiger partial charge on any atom is -0.496 e. The molecule has 2 fully saturated rings. The van der Waals surface area contributed by atoms with Gasteiger partial charge in [-0.25, -0.2) is 8.42 Å². The summed E-state index contributed by atoms with van der Waals surface area (Å²) in [5.74, 6) is 0.278. The SMILES string of the molecule is COc1ccccc1CC(=O)N=C1S[C@@H]2CS(=O)(=O)C[C@@H]2N1c1cccc(Cl)c1Cl. The summed E-state index contributed by atoms with van der Waals surface area (Å²) in [5.41, 5.74) is 1.28. The van der Waals surface area contributed by atoms with Crippen LogP contribution in [0.4, 0.5) is 5.69 Å². The van der Waals surface area contributed by atoms with E-state index in [1.54, 1.807) is 36.3 Å². The predicted octanol–water partition coefficient (Wildman–Crippen LogP) is 3.85. The Morgan fingerprint density at radius 1 is 1.20 bits per heavy atom. The molecule has 0 aromatic heterocycles. The fourth-order valence-electron chi connectivity index (χ4n) is 3.68. The van der Waals surface area contributed by atoms with Crippen molar-refractivity contribution in [1.82, 2.24) is 0 Å². The molecule has 2 aromatic rings. The van der Waals surface area contributed by atoms with Crippen LogP contribution in [-0.4, -0.2) is 49.4 Å². The number of thioether (sulfide) groups is 1. The lowest BCUT2D eigenvalue weighted by atomic mass is 10.1. The van der Waals surface area contributed by atoms with Crippen molar-refractivity contribution in [2.45, 2.75) is 17.7 Å². The molecule has 2 aliphatic rings. The molecule has 4 rings (SSSR count). The van der Waals surface area contributed by atoms with Crippen LogP contribution in [0.15, 0.2) is 47.5 Å². The van der Waals surface area contributed by atoms with Gasteiger partial charge in [-0.1, -0.05) is 59.2 Å². The number of ether oxygens (including phenoxy) is 1. The Morgan fingerprint density at radius 2 is 1.97 bits per heavy atom. The zero-order valence-electron chi connectivity index (χ0n) is 15.9. The molecule has 0 bridgehead atoms. The quantitative estimate of drug-likeness (QED) is 0.655. The van der Waals surface area contributed by atoms with Crippen LogP contribution < -0.4 is 9.64 Å². The number of para-hydroxylation sites is 1. The van der Waals surface area contributed by atoms with Crippen molar-refractivity contribution in [2.24, 2.45) is 4.99 Å². The zero-order valence-corrected chi connectivity index (χ0v) is 19.1. The van der Waals surface area contributed by atoms with Crippen molar-refractivity contribution in [3.63, 3.8) is 0 Å². The number of amides is 1. The van der Waals surface area contributed by atoms with Gasteiger partial charge < -0.3 is 9.64 Å². The van der Waals surface area contributed by atoms with Crippen molar-refractivity contribution < 1.29 is 17.9 Å². The molecule has 0 saturated carbocycles. The number of fused-ring (bicyclic) bond motifs is 1. The minimum absolute atomic E-state index is 0.0206. The number of nitrogens with zero attached hydrogens (tertiary/aromatic N) is 2. The molecule has 0 radical (unpaired) electrons. The lowest BCUT2D eigenvalue weighted by Crippen LogP contribution is -2.38. The van der Waals surface area contributed by atoms with Gasteiger partial charge in [-0.15, -0.1) is 0 Å². The van der Waals surface area contributed by atoms with Gasteiger partial charge in [0.15, 0.2) is 15.0 Å². The van der Waals surface area contributed by atoms with Gasteiger partial charge in [0.05, 0.1) is 46.8 Å². The average Bonchev–Trinajstić information content (AvgIpc) is 3.15. The second-order valence-corrected chi connectivity index (χ2v) is 11.2. The summed E-state index contributed by atoms with van der Waals surface area (Å²) >= 11 is 13.9. The predicted molar refractivity (Wildman–Crippen MR) is 122 cm³/mol. The van der Waals surface area contributed by atoms with E-state index in [1.807, 2.05) is 18.2 Å². The first-order valence-corrected chi connectivity index (χ1v) is 12.6. The van der Waals surface area contributed by atoms with Gasteiger partial charge in [0.25, 0.3) is 5.91 Å². The summed E-state index contributed by atoms with van der Waals surface area (Å²) in [7, 11) is -1.63. The Hall–Kier alpha value is -1.74. The molecule has 1 amide bonds. The molecule has 0 unspecified atom stereocenters. The van der Waals surface area contributed by atoms with Gasteiger partial charge in [0.1, 0.15) is 5.75 Å². The maximum absolute atomic E-state index is 12.8. The van der Waals surface area contributed by atoms with Crippen LogP contribution in [0.1, 0.15) is 5.56 Å². The Bertz CT molecular complexity index is 1140. The molecule has 2 saturated heterocycles. The minimum atomic E-state index is -3.17. The third-order valence-corrected chi connectivity index (χ3v) is 9.03. The van der Waals surface area contributed by atoms with Crippen molar-refractivity contribution in [2.75, 3.05) is 23.5 Å². The molecule has 158 valence electrons. The topological polar surface area (TPSA) is 76.0 Å². The number of benzene rings is 2. The highest BCUT2D eigenvalue weighted by atomic mass is 35.5. The van der Waals surface area contributed by atoms with Crippen molar-refractivity contribution in [1.29, 1.82) is 0 Å². The number of carbonyl (C=O) groups is 1. The van der Waals surface area contributed by atoms with Crippen LogP contribution in [0.3, 0.4) is 0 Å². The number of sulfone groups is 1. The molecule has 0 aliphatic carbocycles. The molecule has 2 heterocycles. The third-order valence-electron chi connectivity index (χ3n) is 5.01. The lowest BCUT2D eigenvalue weighted by molar-refractivity contribution is -0.117. The number of hydrogen-bond donors (Lipinski definition) is 0. The number of carbonyl (C=O) groups excluding carboxylic acids is 1. The standard InChI is InChI=1S/C20H18Cl2N2O4S2/c1-28-16-8-3-2-5-12(16)9-18(25)23-20-24(14-7-4-6-13(21)19(14)22)15-10-30(26,27)11-17(15)29-20/h2-8,15,17H,9-11H2,1H3/t15-,17+/m0/s1. The maximum Gasteiger partial charge on any atom is 0.252 e. The van der Waals surface area contributed by atoms with E-state index in [1.165, 1.54) is 11.8 Å². The molecule has 6 nitrogen and oxygen atoms in total. The van der Waals surface area contributed by atoms with Gasteiger partial charge in [-0.05, 0) is 18.2 Å². The van der Waals surface area contributed by atoms with E-state index >= 15 is 0 Å². The Kier molecular flexibility index (Phi) is 6.03. The summed E-state index contributed by atoms with van der Waals surface area (Å²) in [6.45, 7) is 0. The monoisotopic (exact) mass is 484 g/mol. The number of halogens is 2. The van der Waals surface area contributed by atoms with Gasteiger partial charge >= 0.3 is 0 Å². The van der Waals surface area contributed by atoms with E-state index in [0.29, 0.717) is 26.6 Å². The van der Waals surface area contributed by atoms with Crippen molar-refractivity contribution >= 4 is 61.6 Å². The van der Waals surface area contributed by atoms with Gasteiger partial charge in [0, 0.05) is 10.8 Å². The molecule has 0 spiro atoms. The molecular weight excluding hydrogens is 467 g/mol. The Labute approximate surface area is 189 Å². The van der Waals surface area contributed by atoms with Crippen LogP contribution in [0.2, 0.25) is 10.0 Å². The molecule has 0 N–H and O–H groups in total. The van der Waals surface area contributed by atoms with E-state index in [0.717, 1.165) is 5.56 Å². The van der Waals surface area contributed by atoms with E-state index in [4.69, 9.17) is 27.9 Å². The number of amidine groups is 1. The number of anilines is 1. The first-order chi connectivity index (χ1) is 14.3. The molecule has 2 aromatic carbocycles. The van der Waals surface area contributed by atoms with Gasteiger partial charge in [-0.2, -0.15) is 4.99 Å². The number of hydrogen-bond acceptors (Lipinski definition) is 5. The fraction of sp³-hybridized carbons (Fsp3) is 0.300. The normalized spacial score (nSPS) is 23.6. The zero-order chi connectivity index (χ0) is 21.5. The highest BCUT2D eigenvalue weighted by Gasteiger charge is 2.49. The highest BCUT2D eigenvalue weighted by molar-refractivity contribution is 8.16. The van der Waals surface area contributed by atoms with E-state index in [2.05, 4.69) is 4.99 Å². The summed E-state index contributed by atoms with van der Waals surface area (Å²) in [6.07, 6.45) is 0.0683. The number of methoxy groups -OCH3 is 1. The molecule has 30 heavy (non-hydrogen) atoms. The third kappa shape index (κ3) is 4.19. The second-order valence-electron chi connectivity index (χ2n) is 7.02. The Morgan fingerprint density at radius 3 is 2.73 bits per heavy atom. The largest absolute Gasteiger partial charge is 0.496 e. The summed E-state index contributed by atoms with van der Waals surface area (Å²) in [4.78, 5) is 18.8. The summed E-state index contributed by atoms with van der Waals surface area (Å²) in [6, 6.07) is 12.0. The summed E-state index contributed by atoms with van der Waals surface area (Å²) in [5, 5.41) is 0.865. The van der Waals surface area contributed by atoms with E-state index < -0.39 is 9.84 Å². The van der Waals surface area contributed by atoms with E-state index in [-0.39, 0.29) is 35.1 Å². The van der Waals surface area contributed by atoms with Gasteiger partial charge in [0.2, 0.25) is 0 Å². The van der Waals surface area contributed by atoms with Crippen molar-refractivity contribution in [3.05, 3.63) is 58.1 Å². The van der Waals surface area contributed by atoms with Gasteiger partial charge in [-0.3, -0.25) is 4.79 Å². The average molecular weight is 485 g/mol. The van der Waals surface area contributed by atoms with Crippen LogP contribution in [0.5, 0.6) is 5.75 Å². The van der Waals surface area contributed by atoms with Crippen LogP contribution in [0, 0.1) is 0 Å². The molecule has 2 atom stereocenters. The lowest BCUT2D eigenvalue weighted by Gasteiger charge is -2.25. The smallest absolute Gasteiger partial charge is 0.252 e. The molecule has 2 aliphatic heterocycles. The second kappa shape index (κ2) is 8.42. The summed E-state index contributed by atoms with van der Waals surface area (Å²) < 4.78 is 29.7. The van der Waals surface area contributed by atoms with Crippen LogP contribution in [0.25, 0.3) is 0 Å². The molecule has 10 heteroatoms. The fourth-order valence-corrected chi connectivity index (χ4v) is 7.99. The first kappa shape index (κ1) is 21.5. The van der Waals surface area contributed by atoms with Crippen LogP contribution >= 0.6 is 35.0 Å². The maximum atomic E-state index is 12.8. The van der Waals surface area contributed by atoms with Crippen molar-refractivity contribution in [3.8, 4) is 5.75 Å². The van der Waals surface area contributed by atoms with Crippen LogP contribution in [-0.2, 0) is 21.1 Å². The Balaban J connectivity index is 1.69. The highest BCUT2D eigenvalue weighted by Crippen LogP contribution is 2.44. The first-order valence-electron chi connectivity index (χ1n) is 9.13. The number of rotatable bonds is 4. The molecular formula is C20H18Cl2N2O4S2. The van der Waals surface area contributed by atoms with E-state index in [9.17, 15) is 13.2 Å². The number of aliphatic imine (C=N–C) groups is 1.